The molecule has 174 valence electrons. The topological polar surface area (TPSA) is 77.4 Å². The number of anilines is 1. The average molecular weight is 457 g/mol. The summed E-state index contributed by atoms with van der Waals surface area (Å²) in [5.74, 6) is 0.565. The minimum absolute atomic E-state index is 0.161. The molecule has 0 bridgehead atoms. The third-order valence-electron chi connectivity index (χ3n) is 6.50. The van der Waals surface area contributed by atoms with Crippen molar-refractivity contribution in [2.45, 2.75) is 46.8 Å². The number of benzene rings is 2. The Morgan fingerprint density at radius 3 is 2.15 bits per heavy atom. The zero-order chi connectivity index (χ0) is 24.1. The SMILES string of the molecule is CC1=NN(Cc2cccc(C)c2)c2nc3c(c(=O)n(Cc4cccc(C)c4)c(=O)n3C)n2[C@@H]1C. The molecule has 0 radical (unpaired) electrons. The largest absolute Gasteiger partial charge is 0.332 e. The molecule has 0 amide bonds. The summed E-state index contributed by atoms with van der Waals surface area (Å²) in [4.78, 5) is 31.7. The first-order valence-corrected chi connectivity index (χ1v) is 11.4. The van der Waals surface area contributed by atoms with Crippen LogP contribution in [0.5, 0.6) is 0 Å². The molecule has 1 aliphatic heterocycles. The maximum absolute atomic E-state index is 13.7. The van der Waals surface area contributed by atoms with E-state index in [0.717, 1.165) is 22.4 Å². The van der Waals surface area contributed by atoms with Crippen LogP contribution in [-0.2, 0) is 20.1 Å². The van der Waals surface area contributed by atoms with E-state index in [1.807, 2.05) is 66.7 Å². The molecule has 0 saturated heterocycles. The first kappa shape index (κ1) is 21.9. The molecule has 8 nitrogen and oxygen atoms in total. The Bertz CT molecular complexity index is 1570. The first-order valence-electron chi connectivity index (χ1n) is 11.4. The zero-order valence-corrected chi connectivity index (χ0v) is 20.1. The quantitative estimate of drug-likeness (QED) is 0.471. The van der Waals surface area contributed by atoms with Gasteiger partial charge in [0.2, 0.25) is 5.95 Å². The fourth-order valence-electron chi connectivity index (χ4n) is 4.60. The number of aryl methyl sites for hydroxylation is 3. The Balaban J connectivity index is 1.69. The minimum atomic E-state index is -0.384. The molecule has 0 saturated carbocycles. The van der Waals surface area contributed by atoms with Crippen molar-refractivity contribution >= 4 is 22.8 Å². The fourth-order valence-corrected chi connectivity index (χ4v) is 4.60. The van der Waals surface area contributed by atoms with Gasteiger partial charge in [-0.15, -0.1) is 0 Å². The second-order valence-electron chi connectivity index (χ2n) is 9.14. The molecule has 0 spiro atoms. The number of hydrogen-bond donors (Lipinski definition) is 0. The predicted octanol–water partition coefficient (Wildman–Crippen LogP) is 3.52. The average Bonchev–Trinajstić information content (AvgIpc) is 3.20. The normalized spacial score (nSPS) is 15.5. The van der Waals surface area contributed by atoms with Gasteiger partial charge in [-0.3, -0.25) is 18.5 Å². The van der Waals surface area contributed by atoms with E-state index in [0.29, 0.717) is 23.7 Å². The molecule has 0 aliphatic carbocycles. The molecular weight excluding hydrogens is 428 g/mol. The molecule has 8 heteroatoms. The smallest absolute Gasteiger partial charge is 0.294 e. The van der Waals surface area contributed by atoms with Crippen LogP contribution in [0.3, 0.4) is 0 Å². The molecule has 2 aromatic carbocycles. The lowest BCUT2D eigenvalue weighted by molar-refractivity contribution is 0.626. The van der Waals surface area contributed by atoms with Gasteiger partial charge in [-0.2, -0.15) is 10.1 Å². The van der Waals surface area contributed by atoms with E-state index in [2.05, 4.69) is 19.1 Å². The van der Waals surface area contributed by atoms with Gasteiger partial charge in [-0.05, 0) is 38.8 Å². The van der Waals surface area contributed by atoms with Gasteiger partial charge in [0.1, 0.15) is 0 Å². The van der Waals surface area contributed by atoms with Crippen LogP contribution in [0.15, 0.2) is 63.2 Å². The number of aromatic nitrogens is 4. The molecule has 0 fully saturated rings. The summed E-state index contributed by atoms with van der Waals surface area (Å²) >= 11 is 0. The molecule has 34 heavy (non-hydrogen) atoms. The third kappa shape index (κ3) is 3.55. The highest BCUT2D eigenvalue weighted by molar-refractivity contribution is 5.91. The third-order valence-corrected chi connectivity index (χ3v) is 6.50. The Kier molecular flexibility index (Phi) is 5.23. The summed E-state index contributed by atoms with van der Waals surface area (Å²) in [5, 5.41) is 6.60. The highest BCUT2D eigenvalue weighted by Gasteiger charge is 2.30. The maximum Gasteiger partial charge on any atom is 0.332 e. The van der Waals surface area contributed by atoms with Crippen LogP contribution in [0, 0.1) is 13.8 Å². The Morgan fingerprint density at radius 2 is 1.53 bits per heavy atom. The zero-order valence-electron chi connectivity index (χ0n) is 20.1. The lowest BCUT2D eigenvalue weighted by Crippen LogP contribution is -2.40. The van der Waals surface area contributed by atoms with Crippen LogP contribution in [0.4, 0.5) is 5.95 Å². The molecule has 2 aromatic heterocycles. The van der Waals surface area contributed by atoms with E-state index in [-0.39, 0.29) is 23.8 Å². The van der Waals surface area contributed by atoms with Gasteiger partial charge in [0, 0.05) is 7.05 Å². The molecule has 1 atom stereocenters. The summed E-state index contributed by atoms with van der Waals surface area (Å²) in [6.45, 7) is 8.73. The number of fused-ring (bicyclic) bond motifs is 3. The van der Waals surface area contributed by atoms with Crippen LogP contribution in [0.1, 0.15) is 42.1 Å². The number of rotatable bonds is 4. The van der Waals surface area contributed by atoms with Crippen molar-refractivity contribution in [3.05, 3.63) is 91.6 Å². The van der Waals surface area contributed by atoms with Crippen molar-refractivity contribution in [1.82, 2.24) is 18.7 Å². The highest BCUT2D eigenvalue weighted by Crippen LogP contribution is 2.31. The summed E-state index contributed by atoms with van der Waals surface area (Å²) < 4.78 is 4.68. The number of hydrazone groups is 1. The molecule has 0 N–H and O–H groups in total. The van der Waals surface area contributed by atoms with E-state index in [9.17, 15) is 9.59 Å². The number of nitrogens with zero attached hydrogens (tertiary/aromatic N) is 6. The van der Waals surface area contributed by atoms with E-state index < -0.39 is 0 Å². The van der Waals surface area contributed by atoms with Gasteiger partial charge in [0.05, 0.1) is 24.8 Å². The van der Waals surface area contributed by atoms with E-state index in [4.69, 9.17) is 10.1 Å². The summed E-state index contributed by atoms with van der Waals surface area (Å²) in [6.07, 6.45) is 0. The van der Waals surface area contributed by atoms with Crippen molar-refractivity contribution in [3.63, 3.8) is 0 Å². The van der Waals surface area contributed by atoms with Gasteiger partial charge >= 0.3 is 5.69 Å². The second-order valence-corrected chi connectivity index (χ2v) is 9.14. The molecule has 3 heterocycles. The minimum Gasteiger partial charge on any atom is -0.294 e. The Hall–Kier alpha value is -3.94. The van der Waals surface area contributed by atoms with E-state index in [1.165, 1.54) is 14.7 Å². The van der Waals surface area contributed by atoms with Crippen LogP contribution in [0.2, 0.25) is 0 Å². The van der Waals surface area contributed by atoms with E-state index in [1.54, 1.807) is 7.05 Å². The standard InChI is InChI=1S/C26H28N6O2/c1-16-8-6-10-20(12-16)14-30-24(33)22-23(29(5)26(30)34)27-25-31(28-18(3)19(4)32(22)25)15-21-11-7-9-17(2)13-21/h6-13,19H,14-15H2,1-5H3/t19-/m1/s1. The van der Waals surface area contributed by atoms with Crippen molar-refractivity contribution < 1.29 is 0 Å². The van der Waals surface area contributed by atoms with Gasteiger partial charge < -0.3 is 0 Å². The van der Waals surface area contributed by atoms with Crippen molar-refractivity contribution in [3.8, 4) is 0 Å². The van der Waals surface area contributed by atoms with Crippen LogP contribution >= 0.6 is 0 Å². The number of hydrogen-bond acceptors (Lipinski definition) is 5. The summed E-state index contributed by atoms with van der Waals surface area (Å²) in [7, 11) is 1.67. The monoisotopic (exact) mass is 456 g/mol. The first-order chi connectivity index (χ1) is 16.2. The molecule has 5 rings (SSSR count). The maximum atomic E-state index is 13.7. The lowest BCUT2D eigenvalue weighted by atomic mass is 10.1. The van der Waals surface area contributed by atoms with Crippen LogP contribution < -0.4 is 16.3 Å². The second kappa shape index (κ2) is 8.13. The predicted molar refractivity (Wildman–Crippen MR) is 135 cm³/mol. The lowest BCUT2D eigenvalue weighted by Gasteiger charge is -2.29. The summed E-state index contributed by atoms with van der Waals surface area (Å²) in [6, 6.07) is 15.9. The van der Waals surface area contributed by atoms with E-state index >= 15 is 0 Å². The van der Waals surface area contributed by atoms with Crippen molar-refractivity contribution in [2.75, 3.05) is 5.01 Å². The number of imidazole rings is 1. The molecule has 0 unspecified atom stereocenters. The van der Waals surface area contributed by atoms with Crippen molar-refractivity contribution in [1.29, 1.82) is 0 Å². The Morgan fingerprint density at radius 1 is 0.912 bits per heavy atom. The van der Waals surface area contributed by atoms with Gasteiger partial charge in [0.15, 0.2) is 11.2 Å². The van der Waals surface area contributed by atoms with Gasteiger partial charge in [0.25, 0.3) is 5.56 Å². The molecule has 1 aliphatic rings. The van der Waals surface area contributed by atoms with Crippen LogP contribution in [0.25, 0.3) is 11.2 Å². The van der Waals surface area contributed by atoms with Gasteiger partial charge in [-0.25, -0.2) is 9.80 Å². The molecule has 4 aromatic rings. The summed E-state index contributed by atoms with van der Waals surface area (Å²) in [5.41, 5.74) is 5.19. The highest BCUT2D eigenvalue weighted by atomic mass is 16.2. The van der Waals surface area contributed by atoms with Crippen LogP contribution in [-0.4, -0.2) is 24.4 Å². The fraction of sp³-hybridized carbons (Fsp3) is 0.308. The molecular formula is C26H28N6O2. The van der Waals surface area contributed by atoms with Gasteiger partial charge in [-0.1, -0.05) is 59.7 Å². The van der Waals surface area contributed by atoms with Crippen molar-refractivity contribution in [2.24, 2.45) is 12.1 Å². The Labute approximate surface area is 197 Å².